The summed E-state index contributed by atoms with van der Waals surface area (Å²) < 4.78 is 0. The third-order valence-electron chi connectivity index (χ3n) is 3.80. The van der Waals surface area contributed by atoms with Gasteiger partial charge in [-0.25, -0.2) is 0 Å². The molecule has 0 spiro atoms. The highest BCUT2D eigenvalue weighted by Gasteiger charge is 2.11. The fraction of sp³-hybridized carbons (Fsp3) is 0.280. The summed E-state index contributed by atoms with van der Waals surface area (Å²) in [6, 6.07) is 29.3. The molecule has 0 fully saturated rings. The zero-order valence-electron chi connectivity index (χ0n) is 16.6. The molecule has 3 rings (SSSR count). The molecule has 0 atom stereocenters. The fourth-order valence-electron chi connectivity index (χ4n) is 2.12. The average molecular weight is 333 g/mol. The third kappa shape index (κ3) is 9.52. The highest BCUT2D eigenvalue weighted by Crippen LogP contribution is 2.21. The van der Waals surface area contributed by atoms with Gasteiger partial charge in [0.2, 0.25) is 0 Å². The fourth-order valence-corrected chi connectivity index (χ4v) is 2.12. The van der Waals surface area contributed by atoms with Gasteiger partial charge in [-0.05, 0) is 31.7 Å². The van der Waals surface area contributed by atoms with Gasteiger partial charge in [-0.15, -0.1) is 0 Å². The van der Waals surface area contributed by atoms with E-state index in [1.165, 1.54) is 22.3 Å². The predicted molar refractivity (Wildman–Crippen MR) is 112 cm³/mol. The summed E-state index contributed by atoms with van der Waals surface area (Å²) in [5.74, 6) is 0. The van der Waals surface area contributed by atoms with Crippen LogP contribution in [0.1, 0.15) is 43.0 Å². The van der Waals surface area contributed by atoms with Crippen LogP contribution in [0.3, 0.4) is 0 Å². The van der Waals surface area contributed by atoms with Gasteiger partial charge in [-0.1, -0.05) is 122 Å². The Balaban J connectivity index is 0.000000195. The van der Waals surface area contributed by atoms with Gasteiger partial charge in [0.1, 0.15) is 0 Å². The number of benzene rings is 3. The van der Waals surface area contributed by atoms with Gasteiger partial charge >= 0.3 is 0 Å². The maximum absolute atomic E-state index is 2.23. The summed E-state index contributed by atoms with van der Waals surface area (Å²) in [5, 5.41) is 0. The highest BCUT2D eigenvalue weighted by atomic mass is 14.2. The van der Waals surface area contributed by atoms with E-state index in [0.29, 0.717) is 0 Å². The second-order valence-electron chi connectivity index (χ2n) is 7.43. The van der Waals surface area contributed by atoms with E-state index in [-0.39, 0.29) is 5.41 Å². The maximum Gasteiger partial charge on any atom is -0.0132 e. The van der Waals surface area contributed by atoms with Crippen molar-refractivity contribution in [3.63, 3.8) is 0 Å². The Hall–Kier alpha value is -2.34. The van der Waals surface area contributed by atoms with Crippen LogP contribution in [0.15, 0.2) is 84.9 Å². The van der Waals surface area contributed by atoms with Crippen LogP contribution in [0, 0.1) is 20.8 Å². The molecule has 3 aromatic rings. The third-order valence-corrected chi connectivity index (χ3v) is 3.80. The minimum atomic E-state index is 0.285. The van der Waals surface area contributed by atoms with Crippen LogP contribution in [0.2, 0.25) is 0 Å². The summed E-state index contributed by atoms with van der Waals surface area (Å²) in [4.78, 5) is 0. The lowest BCUT2D eigenvalue weighted by atomic mass is 9.87. The van der Waals surface area contributed by atoms with Crippen molar-refractivity contribution in [2.45, 2.75) is 47.0 Å². The van der Waals surface area contributed by atoms with Crippen molar-refractivity contribution >= 4 is 0 Å². The molecular weight excluding hydrogens is 300 g/mol. The van der Waals surface area contributed by atoms with Crippen LogP contribution in [-0.4, -0.2) is 0 Å². The Morgan fingerprint density at radius 1 is 0.440 bits per heavy atom. The van der Waals surface area contributed by atoms with E-state index in [1.54, 1.807) is 0 Å². The van der Waals surface area contributed by atoms with E-state index < -0.39 is 0 Å². The first-order valence-corrected chi connectivity index (χ1v) is 8.89. The molecule has 0 aliphatic carbocycles. The van der Waals surface area contributed by atoms with Crippen molar-refractivity contribution in [2.75, 3.05) is 0 Å². The second kappa shape index (κ2) is 10.5. The first kappa shape index (κ1) is 20.7. The monoisotopic (exact) mass is 332 g/mol. The molecule has 0 aliphatic rings. The van der Waals surface area contributed by atoms with Crippen molar-refractivity contribution < 1.29 is 0 Å². The number of hydrogen-bond acceptors (Lipinski definition) is 0. The molecule has 0 heterocycles. The van der Waals surface area contributed by atoms with E-state index in [9.17, 15) is 0 Å². The Bertz CT molecular complexity index is 649. The minimum absolute atomic E-state index is 0.285. The smallest absolute Gasteiger partial charge is 0.0132 e. The molecule has 0 nitrogen and oxygen atoms in total. The van der Waals surface area contributed by atoms with Crippen molar-refractivity contribution in [3.05, 3.63) is 107 Å². The standard InChI is InChI=1S/C11H16.2C7H8/c1-9-5-7-10(8-6-9)11(2,3)4;2*1-7-5-3-2-4-6-7/h5-8H,1-4H3;2*2-6H,1H3. The normalized spacial score (nSPS) is 10.0. The van der Waals surface area contributed by atoms with Gasteiger partial charge in [-0.3, -0.25) is 0 Å². The van der Waals surface area contributed by atoms with E-state index in [0.717, 1.165) is 0 Å². The van der Waals surface area contributed by atoms with Crippen molar-refractivity contribution in [1.82, 2.24) is 0 Å². The van der Waals surface area contributed by atoms with Gasteiger partial charge < -0.3 is 0 Å². The van der Waals surface area contributed by atoms with E-state index >= 15 is 0 Å². The molecule has 25 heavy (non-hydrogen) atoms. The molecule has 132 valence electrons. The summed E-state index contributed by atoms with van der Waals surface area (Å²) in [5.41, 5.74) is 5.67. The van der Waals surface area contributed by atoms with Crippen LogP contribution in [0.4, 0.5) is 0 Å². The highest BCUT2D eigenvalue weighted by molar-refractivity contribution is 5.26. The van der Waals surface area contributed by atoms with Crippen LogP contribution in [-0.2, 0) is 5.41 Å². The van der Waals surface area contributed by atoms with Crippen molar-refractivity contribution in [3.8, 4) is 0 Å². The first-order valence-electron chi connectivity index (χ1n) is 8.89. The van der Waals surface area contributed by atoms with E-state index in [2.05, 4.69) is 90.1 Å². The van der Waals surface area contributed by atoms with Crippen LogP contribution >= 0.6 is 0 Å². The molecule has 0 N–H and O–H groups in total. The summed E-state index contributed by atoms with van der Waals surface area (Å²) in [6.07, 6.45) is 0. The molecule has 0 saturated heterocycles. The molecule has 0 saturated carbocycles. The SMILES string of the molecule is Cc1ccc(C(C)(C)C)cc1.Cc1ccccc1.Cc1ccccc1. The maximum atomic E-state index is 2.23. The van der Waals surface area contributed by atoms with E-state index in [1.807, 2.05) is 36.4 Å². The molecule has 0 aromatic heterocycles. The minimum Gasteiger partial charge on any atom is -0.0622 e. The van der Waals surface area contributed by atoms with Gasteiger partial charge in [-0.2, -0.15) is 0 Å². The van der Waals surface area contributed by atoms with E-state index in [4.69, 9.17) is 0 Å². The van der Waals surface area contributed by atoms with Gasteiger partial charge in [0.15, 0.2) is 0 Å². The Kier molecular flexibility index (Phi) is 8.70. The van der Waals surface area contributed by atoms with Crippen LogP contribution < -0.4 is 0 Å². The van der Waals surface area contributed by atoms with Gasteiger partial charge in [0.05, 0.1) is 0 Å². The molecule has 0 amide bonds. The molecule has 0 aliphatic heterocycles. The Morgan fingerprint density at radius 2 is 0.760 bits per heavy atom. The molecule has 0 radical (unpaired) electrons. The quantitative estimate of drug-likeness (QED) is 0.405. The lowest BCUT2D eigenvalue weighted by Gasteiger charge is -2.18. The largest absolute Gasteiger partial charge is 0.0622 e. The van der Waals surface area contributed by atoms with Crippen LogP contribution in [0.5, 0.6) is 0 Å². The van der Waals surface area contributed by atoms with Crippen LogP contribution in [0.25, 0.3) is 0 Å². The van der Waals surface area contributed by atoms with Crippen molar-refractivity contribution in [2.24, 2.45) is 0 Å². The zero-order chi connectivity index (χ0) is 18.7. The first-order chi connectivity index (χ1) is 11.8. The zero-order valence-corrected chi connectivity index (χ0v) is 16.6. The molecule has 0 unspecified atom stereocenters. The lowest BCUT2D eigenvalue weighted by molar-refractivity contribution is 0.590. The summed E-state index contributed by atoms with van der Waals surface area (Å²) in [7, 11) is 0. The average Bonchev–Trinajstić information content (AvgIpc) is 2.57. The number of rotatable bonds is 0. The molecule has 3 aromatic carbocycles. The second-order valence-corrected chi connectivity index (χ2v) is 7.43. The summed E-state index contributed by atoms with van der Waals surface area (Å²) >= 11 is 0. The number of aryl methyl sites for hydroxylation is 3. The number of hydrogen-bond donors (Lipinski definition) is 0. The van der Waals surface area contributed by atoms with Gasteiger partial charge in [0, 0.05) is 0 Å². The predicted octanol–water partition coefficient (Wildman–Crippen LogP) is 7.28. The Morgan fingerprint density at radius 3 is 1.00 bits per heavy atom. The van der Waals surface area contributed by atoms with Gasteiger partial charge in [0.25, 0.3) is 0 Å². The lowest BCUT2D eigenvalue weighted by Crippen LogP contribution is -2.10. The van der Waals surface area contributed by atoms with Crippen molar-refractivity contribution in [1.29, 1.82) is 0 Å². The summed E-state index contributed by atoms with van der Waals surface area (Å²) in [6.45, 7) is 13.0. The Labute approximate surface area is 154 Å². The topological polar surface area (TPSA) is 0 Å². The molecule has 0 bridgehead atoms. The molecular formula is C25H32. The molecule has 0 heteroatoms.